The zero-order chi connectivity index (χ0) is 16.4. The number of rotatable bonds is 5. The van der Waals surface area contributed by atoms with Crippen LogP contribution in [0.4, 0.5) is 0 Å². The minimum Gasteiger partial charge on any atom is -0.0613 e. The maximum absolute atomic E-state index is 2.36. The average molecular weight is 296 g/mol. The highest BCUT2D eigenvalue weighted by Gasteiger charge is 2.22. The molecule has 0 fully saturated rings. The van der Waals surface area contributed by atoms with Gasteiger partial charge in [-0.1, -0.05) is 66.7 Å². The van der Waals surface area contributed by atoms with Gasteiger partial charge in [-0.3, -0.25) is 0 Å². The van der Waals surface area contributed by atoms with Gasteiger partial charge in [0.15, 0.2) is 0 Å². The fourth-order valence-corrected chi connectivity index (χ4v) is 4.17. The highest BCUT2D eigenvalue weighted by Crippen LogP contribution is 2.40. The molecule has 0 heterocycles. The van der Waals surface area contributed by atoms with Crippen molar-refractivity contribution in [3.05, 3.63) is 46.0 Å². The van der Waals surface area contributed by atoms with E-state index in [0.717, 1.165) is 19.3 Å². The Balaban J connectivity index is 3.09. The molecule has 0 saturated carbocycles. The van der Waals surface area contributed by atoms with Gasteiger partial charge in [0.1, 0.15) is 0 Å². The second-order valence-electron chi connectivity index (χ2n) is 6.99. The van der Waals surface area contributed by atoms with E-state index in [2.05, 4.69) is 66.7 Å². The van der Waals surface area contributed by atoms with Gasteiger partial charge < -0.3 is 0 Å². The molecule has 0 aromatic heterocycles. The number of hydrogen-bond acceptors (Lipinski definition) is 0. The van der Waals surface area contributed by atoms with Crippen molar-refractivity contribution >= 4 is 10.8 Å². The van der Waals surface area contributed by atoms with Gasteiger partial charge in [0.25, 0.3) is 0 Å². The van der Waals surface area contributed by atoms with Crippen LogP contribution in [0.25, 0.3) is 10.8 Å². The number of hydrogen-bond donors (Lipinski definition) is 0. The zero-order valence-corrected chi connectivity index (χ0v) is 15.5. The highest BCUT2D eigenvalue weighted by molar-refractivity contribution is 5.94. The van der Waals surface area contributed by atoms with Crippen LogP contribution in [0.1, 0.15) is 88.1 Å². The van der Waals surface area contributed by atoms with Crippen molar-refractivity contribution in [1.29, 1.82) is 0 Å². The molecule has 0 spiro atoms. The van der Waals surface area contributed by atoms with Gasteiger partial charge >= 0.3 is 0 Å². The van der Waals surface area contributed by atoms with E-state index in [0.29, 0.717) is 11.8 Å². The van der Waals surface area contributed by atoms with Crippen molar-refractivity contribution in [1.82, 2.24) is 0 Å². The summed E-state index contributed by atoms with van der Waals surface area (Å²) in [6, 6.07) is 6.93. The van der Waals surface area contributed by atoms with Gasteiger partial charge in [-0.25, -0.2) is 0 Å². The normalized spacial score (nSPS) is 11.9. The van der Waals surface area contributed by atoms with Gasteiger partial charge in [0.2, 0.25) is 0 Å². The lowest BCUT2D eigenvalue weighted by atomic mass is 9.78. The fourth-order valence-electron chi connectivity index (χ4n) is 4.17. The average Bonchev–Trinajstić information content (AvgIpc) is 2.50. The molecule has 0 atom stereocenters. The minimum atomic E-state index is 0.572. The van der Waals surface area contributed by atoms with Gasteiger partial charge in [0, 0.05) is 0 Å². The van der Waals surface area contributed by atoms with E-state index in [1.807, 2.05) is 0 Å². The molecule has 2 aromatic rings. The van der Waals surface area contributed by atoms with Gasteiger partial charge in [-0.05, 0) is 69.7 Å². The van der Waals surface area contributed by atoms with Crippen LogP contribution in [0.3, 0.4) is 0 Å². The molecule has 0 saturated heterocycles. The van der Waals surface area contributed by atoms with E-state index in [4.69, 9.17) is 0 Å². The minimum absolute atomic E-state index is 0.572. The SMILES string of the molecule is CCc1c(C(C)C)c(C(C)C)c2cccc(CC)c2c1CC. The topological polar surface area (TPSA) is 0 Å². The number of benzene rings is 2. The second kappa shape index (κ2) is 6.86. The summed E-state index contributed by atoms with van der Waals surface area (Å²) < 4.78 is 0. The standard InChI is InChI=1S/C22H32/c1-8-16-12-11-13-19-21(15(6)7)20(14(4)5)17(9-2)18(10-3)22(16)19/h11-15H,8-10H2,1-7H3. The Kier molecular flexibility index (Phi) is 5.32. The Hall–Kier alpha value is -1.30. The molecule has 2 aromatic carbocycles. The lowest BCUT2D eigenvalue weighted by Gasteiger charge is -2.27. The molecule has 120 valence electrons. The molecular formula is C22H32. The predicted octanol–water partition coefficient (Wildman–Crippen LogP) is 6.77. The first-order valence-electron chi connectivity index (χ1n) is 9.06. The smallest absolute Gasteiger partial charge is 0.0114 e. The van der Waals surface area contributed by atoms with Crippen LogP contribution in [0, 0.1) is 0 Å². The summed E-state index contributed by atoms with van der Waals surface area (Å²) in [7, 11) is 0. The first-order chi connectivity index (χ1) is 10.5. The van der Waals surface area contributed by atoms with E-state index >= 15 is 0 Å². The van der Waals surface area contributed by atoms with Gasteiger partial charge in [-0.15, -0.1) is 0 Å². The molecule has 0 amide bonds. The van der Waals surface area contributed by atoms with E-state index in [1.165, 1.54) is 10.9 Å². The maximum Gasteiger partial charge on any atom is -0.0114 e. The molecule has 0 heteroatoms. The molecule has 0 aliphatic heterocycles. The first-order valence-corrected chi connectivity index (χ1v) is 9.06. The van der Waals surface area contributed by atoms with Crippen molar-refractivity contribution in [2.75, 3.05) is 0 Å². The third kappa shape index (κ3) is 2.69. The predicted molar refractivity (Wildman–Crippen MR) is 100 cm³/mol. The highest BCUT2D eigenvalue weighted by atomic mass is 14.3. The van der Waals surface area contributed by atoms with Crippen molar-refractivity contribution in [2.24, 2.45) is 0 Å². The molecule has 2 rings (SSSR count). The lowest BCUT2D eigenvalue weighted by molar-refractivity contribution is 0.778. The molecular weight excluding hydrogens is 264 g/mol. The molecule has 0 radical (unpaired) electrons. The molecule has 0 bridgehead atoms. The summed E-state index contributed by atoms with van der Waals surface area (Å²) in [4.78, 5) is 0. The lowest BCUT2D eigenvalue weighted by Crippen LogP contribution is -2.09. The number of fused-ring (bicyclic) bond motifs is 1. The largest absolute Gasteiger partial charge is 0.0613 e. The Morgan fingerprint density at radius 3 is 1.77 bits per heavy atom. The zero-order valence-electron chi connectivity index (χ0n) is 15.5. The van der Waals surface area contributed by atoms with Crippen LogP contribution in [0.2, 0.25) is 0 Å². The van der Waals surface area contributed by atoms with Crippen molar-refractivity contribution < 1.29 is 0 Å². The molecule has 0 unspecified atom stereocenters. The molecule has 0 aliphatic rings. The summed E-state index contributed by atoms with van der Waals surface area (Å²) in [5, 5.41) is 3.06. The number of aryl methyl sites for hydroxylation is 2. The summed E-state index contributed by atoms with van der Waals surface area (Å²) in [5.41, 5.74) is 7.95. The molecule has 0 N–H and O–H groups in total. The Morgan fingerprint density at radius 1 is 0.727 bits per heavy atom. The van der Waals surface area contributed by atoms with E-state index in [-0.39, 0.29) is 0 Å². The quantitative estimate of drug-likeness (QED) is 0.571. The summed E-state index contributed by atoms with van der Waals surface area (Å²) in [6.45, 7) is 16.3. The van der Waals surface area contributed by atoms with Gasteiger partial charge in [0.05, 0.1) is 0 Å². The third-order valence-corrected chi connectivity index (χ3v) is 4.96. The molecule has 0 aliphatic carbocycles. The monoisotopic (exact) mass is 296 g/mol. The van der Waals surface area contributed by atoms with Crippen LogP contribution in [-0.2, 0) is 19.3 Å². The van der Waals surface area contributed by atoms with Crippen LogP contribution in [-0.4, -0.2) is 0 Å². The summed E-state index contributed by atoms with van der Waals surface area (Å²) in [5.74, 6) is 1.16. The molecule has 0 nitrogen and oxygen atoms in total. The van der Waals surface area contributed by atoms with Crippen molar-refractivity contribution in [3.8, 4) is 0 Å². The van der Waals surface area contributed by atoms with E-state index < -0.39 is 0 Å². The fraction of sp³-hybridized carbons (Fsp3) is 0.545. The van der Waals surface area contributed by atoms with E-state index in [1.54, 1.807) is 27.6 Å². The van der Waals surface area contributed by atoms with Crippen molar-refractivity contribution in [3.63, 3.8) is 0 Å². The van der Waals surface area contributed by atoms with Crippen LogP contribution < -0.4 is 0 Å². The summed E-state index contributed by atoms with van der Waals surface area (Å²) in [6.07, 6.45) is 3.39. The van der Waals surface area contributed by atoms with Crippen LogP contribution in [0.5, 0.6) is 0 Å². The van der Waals surface area contributed by atoms with Crippen molar-refractivity contribution in [2.45, 2.75) is 79.6 Å². The first kappa shape index (κ1) is 17.1. The molecule has 22 heavy (non-hydrogen) atoms. The Labute approximate surface area is 136 Å². The van der Waals surface area contributed by atoms with Crippen LogP contribution in [0.15, 0.2) is 18.2 Å². The van der Waals surface area contributed by atoms with E-state index in [9.17, 15) is 0 Å². The van der Waals surface area contributed by atoms with Gasteiger partial charge in [-0.2, -0.15) is 0 Å². The van der Waals surface area contributed by atoms with Crippen LogP contribution >= 0.6 is 0 Å². The third-order valence-electron chi connectivity index (χ3n) is 4.96. The second-order valence-corrected chi connectivity index (χ2v) is 6.99. The Morgan fingerprint density at radius 2 is 1.32 bits per heavy atom. The maximum atomic E-state index is 2.36. The Bertz CT molecular complexity index is 660. The summed E-state index contributed by atoms with van der Waals surface area (Å²) >= 11 is 0.